The fraction of sp³-hybridized carbons (Fsp3) is 0.250. The van der Waals surface area contributed by atoms with Gasteiger partial charge in [0.15, 0.2) is 5.65 Å². The third-order valence-corrected chi connectivity index (χ3v) is 6.37. The average molecular weight is 453 g/mol. The van der Waals surface area contributed by atoms with E-state index in [0.717, 1.165) is 58.9 Å². The van der Waals surface area contributed by atoms with Gasteiger partial charge in [-0.25, -0.2) is 9.50 Å². The van der Waals surface area contributed by atoms with Crippen molar-refractivity contribution in [2.24, 2.45) is 0 Å². The van der Waals surface area contributed by atoms with E-state index >= 15 is 0 Å². The van der Waals surface area contributed by atoms with Crippen molar-refractivity contribution in [3.05, 3.63) is 70.3 Å². The summed E-state index contributed by atoms with van der Waals surface area (Å²) >= 11 is 12.4. The van der Waals surface area contributed by atoms with Crippen molar-refractivity contribution in [2.45, 2.75) is 25.8 Å². The Morgan fingerprint density at radius 3 is 2.58 bits per heavy atom. The first-order valence-electron chi connectivity index (χ1n) is 10.3. The fourth-order valence-corrected chi connectivity index (χ4v) is 4.71. The lowest BCUT2D eigenvalue weighted by Gasteiger charge is -2.25. The van der Waals surface area contributed by atoms with Crippen LogP contribution in [0.5, 0.6) is 0 Å². The number of aliphatic hydroxyl groups is 1. The molecule has 3 heterocycles. The second-order valence-electron chi connectivity index (χ2n) is 7.88. The molecular formula is C24H22Cl2N4O. The van der Waals surface area contributed by atoms with E-state index in [4.69, 9.17) is 33.3 Å². The van der Waals surface area contributed by atoms with Gasteiger partial charge >= 0.3 is 0 Å². The predicted octanol–water partition coefficient (Wildman–Crippen LogP) is 5.64. The molecule has 1 atom stereocenters. The summed E-state index contributed by atoms with van der Waals surface area (Å²) in [5.74, 6) is 0.842. The maximum Gasteiger partial charge on any atom is 0.166 e. The zero-order valence-corrected chi connectivity index (χ0v) is 18.6. The molecule has 2 aromatic carbocycles. The van der Waals surface area contributed by atoms with Crippen molar-refractivity contribution in [2.75, 3.05) is 18.1 Å². The SMILES string of the molecule is Cc1nn2c(-c3cccc(Cl)c3)cc(N3CCC[C@H]3CO)nc2c1-c1ccc(Cl)cc1. The van der Waals surface area contributed by atoms with E-state index in [2.05, 4.69) is 4.90 Å². The molecule has 1 saturated heterocycles. The lowest BCUT2D eigenvalue weighted by molar-refractivity contribution is 0.266. The lowest BCUT2D eigenvalue weighted by atomic mass is 10.1. The Bertz CT molecular complexity index is 1250. The van der Waals surface area contributed by atoms with Crippen molar-refractivity contribution in [1.29, 1.82) is 0 Å². The molecule has 7 heteroatoms. The summed E-state index contributed by atoms with van der Waals surface area (Å²) in [6, 6.07) is 17.6. The number of benzene rings is 2. The zero-order chi connectivity index (χ0) is 21.5. The lowest BCUT2D eigenvalue weighted by Crippen LogP contribution is -2.32. The number of hydrogen-bond acceptors (Lipinski definition) is 4. The van der Waals surface area contributed by atoms with Crippen molar-refractivity contribution in [3.8, 4) is 22.4 Å². The summed E-state index contributed by atoms with van der Waals surface area (Å²) in [6.07, 6.45) is 1.99. The minimum Gasteiger partial charge on any atom is -0.394 e. The standard InChI is InChI=1S/C24H22Cl2N4O/c1-15-23(16-7-9-18(25)10-8-16)24-27-22(29-11-3-6-20(29)14-31)13-21(30(24)28-15)17-4-2-5-19(26)12-17/h2,4-5,7-10,12-13,20,31H,3,6,11,14H2,1H3/t20-/m0/s1. The highest BCUT2D eigenvalue weighted by Crippen LogP contribution is 2.35. The minimum absolute atomic E-state index is 0.0742. The molecule has 31 heavy (non-hydrogen) atoms. The molecule has 5 nitrogen and oxygen atoms in total. The van der Waals surface area contributed by atoms with Crippen LogP contribution in [0.1, 0.15) is 18.5 Å². The molecule has 0 bridgehead atoms. The van der Waals surface area contributed by atoms with Crippen LogP contribution in [0.4, 0.5) is 5.82 Å². The monoisotopic (exact) mass is 452 g/mol. The van der Waals surface area contributed by atoms with E-state index in [1.807, 2.05) is 66.0 Å². The molecular weight excluding hydrogens is 431 g/mol. The predicted molar refractivity (Wildman–Crippen MR) is 126 cm³/mol. The van der Waals surface area contributed by atoms with Crippen LogP contribution in [-0.2, 0) is 0 Å². The van der Waals surface area contributed by atoms with Gasteiger partial charge < -0.3 is 10.0 Å². The van der Waals surface area contributed by atoms with Gasteiger partial charge in [0.1, 0.15) is 5.82 Å². The van der Waals surface area contributed by atoms with Gasteiger partial charge in [0.05, 0.1) is 24.0 Å². The summed E-state index contributed by atoms with van der Waals surface area (Å²) in [5.41, 5.74) is 5.52. The molecule has 1 N–H and O–H groups in total. The number of anilines is 1. The first-order chi connectivity index (χ1) is 15.0. The Morgan fingerprint density at radius 2 is 1.84 bits per heavy atom. The molecule has 0 aliphatic carbocycles. The first kappa shape index (κ1) is 20.3. The van der Waals surface area contributed by atoms with Gasteiger partial charge in [0, 0.05) is 33.8 Å². The van der Waals surface area contributed by atoms with Crippen LogP contribution >= 0.6 is 23.2 Å². The number of rotatable bonds is 4. The second-order valence-corrected chi connectivity index (χ2v) is 8.76. The van der Waals surface area contributed by atoms with Gasteiger partial charge in [-0.2, -0.15) is 5.10 Å². The number of aryl methyl sites for hydroxylation is 1. The number of nitrogens with zero attached hydrogens (tertiary/aromatic N) is 4. The van der Waals surface area contributed by atoms with E-state index in [1.165, 1.54) is 0 Å². The largest absolute Gasteiger partial charge is 0.394 e. The molecule has 0 saturated carbocycles. The number of halogens is 2. The Morgan fingerprint density at radius 1 is 1.03 bits per heavy atom. The first-order valence-corrected chi connectivity index (χ1v) is 11.1. The topological polar surface area (TPSA) is 53.7 Å². The van der Waals surface area contributed by atoms with Gasteiger partial charge in [-0.05, 0) is 49.6 Å². The van der Waals surface area contributed by atoms with Gasteiger partial charge in [-0.3, -0.25) is 0 Å². The number of aromatic nitrogens is 3. The molecule has 1 fully saturated rings. The highest BCUT2D eigenvalue weighted by atomic mass is 35.5. The van der Waals surface area contributed by atoms with Gasteiger partial charge in [0.2, 0.25) is 0 Å². The second kappa shape index (κ2) is 8.15. The van der Waals surface area contributed by atoms with E-state index in [0.29, 0.717) is 10.0 Å². The number of aliphatic hydroxyl groups excluding tert-OH is 1. The molecule has 0 radical (unpaired) electrons. The molecule has 0 spiro atoms. The zero-order valence-electron chi connectivity index (χ0n) is 17.1. The van der Waals surface area contributed by atoms with Crippen LogP contribution in [0.15, 0.2) is 54.6 Å². The van der Waals surface area contributed by atoms with Gasteiger partial charge in [0.25, 0.3) is 0 Å². The molecule has 158 valence electrons. The van der Waals surface area contributed by atoms with Crippen LogP contribution in [0.3, 0.4) is 0 Å². The third-order valence-electron chi connectivity index (χ3n) is 5.89. The Labute approximate surface area is 190 Å². The van der Waals surface area contributed by atoms with Crippen LogP contribution < -0.4 is 4.90 Å². The Hall–Kier alpha value is -2.60. The Balaban J connectivity index is 1.79. The molecule has 1 aliphatic rings. The average Bonchev–Trinajstić information content (AvgIpc) is 3.37. The summed E-state index contributed by atoms with van der Waals surface area (Å²) in [6.45, 7) is 2.97. The van der Waals surface area contributed by atoms with Crippen LogP contribution in [0.2, 0.25) is 10.0 Å². The smallest absolute Gasteiger partial charge is 0.166 e. The van der Waals surface area contributed by atoms with E-state index in [1.54, 1.807) is 0 Å². The van der Waals surface area contributed by atoms with E-state index in [9.17, 15) is 5.11 Å². The quantitative estimate of drug-likeness (QED) is 0.435. The van der Waals surface area contributed by atoms with Crippen LogP contribution in [0, 0.1) is 6.92 Å². The summed E-state index contributed by atoms with van der Waals surface area (Å²) in [4.78, 5) is 7.23. The molecule has 2 aromatic heterocycles. The number of fused-ring (bicyclic) bond motifs is 1. The third kappa shape index (κ3) is 3.67. The van der Waals surface area contributed by atoms with Gasteiger partial charge in [-0.1, -0.05) is 47.5 Å². The fourth-order valence-electron chi connectivity index (χ4n) is 4.39. The highest BCUT2D eigenvalue weighted by molar-refractivity contribution is 6.31. The van der Waals surface area contributed by atoms with Crippen LogP contribution in [0.25, 0.3) is 28.0 Å². The van der Waals surface area contributed by atoms with Crippen LogP contribution in [-0.4, -0.2) is 38.9 Å². The van der Waals surface area contributed by atoms with Crippen molar-refractivity contribution >= 4 is 34.7 Å². The van der Waals surface area contributed by atoms with Crippen molar-refractivity contribution in [3.63, 3.8) is 0 Å². The van der Waals surface area contributed by atoms with E-state index < -0.39 is 0 Å². The van der Waals surface area contributed by atoms with Crippen molar-refractivity contribution in [1.82, 2.24) is 14.6 Å². The minimum atomic E-state index is 0.0742. The summed E-state index contributed by atoms with van der Waals surface area (Å²) in [5, 5.41) is 16.1. The Kier molecular flexibility index (Phi) is 5.34. The maximum absolute atomic E-state index is 9.88. The molecule has 4 aromatic rings. The molecule has 1 aliphatic heterocycles. The molecule has 0 unspecified atom stereocenters. The number of hydrogen-bond donors (Lipinski definition) is 1. The highest BCUT2D eigenvalue weighted by Gasteiger charge is 2.27. The van der Waals surface area contributed by atoms with E-state index in [-0.39, 0.29) is 12.6 Å². The molecule has 0 amide bonds. The summed E-state index contributed by atoms with van der Waals surface area (Å²) in [7, 11) is 0. The summed E-state index contributed by atoms with van der Waals surface area (Å²) < 4.78 is 1.89. The molecule has 5 rings (SSSR count). The van der Waals surface area contributed by atoms with Gasteiger partial charge in [-0.15, -0.1) is 0 Å². The normalized spacial score (nSPS) is 16.4. The maximum atomic E-state index is 9.88. The van der Waals surface area contributed by atoms with Crippen molar-refractivity contribution < 1.29 is 5.11 Å².